The molecule has 2 aliphatic heterocycles. The van der Waals surface area contributed by atoms with Gasteiger partial charge >= 0.3 is 5.97 Å². The molecule has 6 rings (SSSR count). The van der Waals surface area contributed by atoms with Crippen molar-refractivity contribution in [1.29, 1.82) is 0 Å². The van der Waals surface area contributed by atoms with E-state index >= 15 is 0 Å². The van der Waals surface area contributed by atoms with Gasteiger partial charge in [-0.2, -0.15) is 0 Å². The van der Waals surface area contributed by atoms with Gasteiger partial charge in [-0.15, -0.1) is 0 Å². The summed E-state index contributed by atoms with van der Waals surface area (Å²) in [6.07, 6.45) is 5.28. The van der Waals surface area contributed by atoms with E-state index in [-0.39, 0.29) is 18.1 Å². The summed E-state index contributed by atoms with van der Waals surface area (Å²) < 4.78 is 5.36. The Morgan fingerprint density at radius 3 is 2.66 bits per heavy atom. The number of rotatable bonds is 4. The highest BCUT2D eigenvalue weighted by atomic mass is 16.5. The number of H-pyrrole nitrogens is 1. The summed E-state index contributed by atoms with van der Waals surface area (Å²) >= 11 is 0. The van der Waals surface area contributed by atoms with Crippen LogP contribution in [0.1, 0.15) is 57.3 Å². The molecular weight excluding hydrogens is 398 g/mol. The molecule has 2 aromatic carbocycles. The Balaban J connectivity index is 1.51. The minimum absolute atomic E-state index is 0.164. The van der Waals surface area contributed by atoms with Crippen LogP contribution in [0, 0.1) is 0 Å². The normalized spacial score (nSPS) is 19.4. The lowest BCUT2D eigenvalue weighted by molar-refractivity contribution is 0.0516. The summed E-state index contributed by atoms with van der Waals surface area (Å²) in [5, 5.41) is 1.30. The van der Waals surface area contributed by atoms with E-state index in [1.54, 1.807) is 6.20 Å². The van der Waals surface area contributed by atoms with Crippen LogP contribution in [0.25, 0.3) is 10.9 Å². The second-order valence-corrected chi connectivity index (χ2v) is 8.64. The quantitative estimate of drug-likeness (QED) is 0.462. The van der Waals surface area contributed by atoms with Gasteiger partial charge in [0.05, 0.1) is 18.2 Å². The van der Waals surface area contributed by atoms with Crippen molar-refractivity contribution < 1.29 is 9.53 Å². The van der Waals surface area contributed by atoms with Crippen molar-refractivity contribution in [2.45, 2.75) is 38.4 Å². The number of nitrogens with one attached hydrogen (secondary N) is 1. The largest absolute Gasteiger partial charge is 0.462 e. The van der Waals surface area contributed by atoms with E-state index in [9.17, 15) is 4.79 Å². The number of carbonyl (C=O) groups excluding carboxylic acids is 1. The molecule has 5 nitrogen and oxygen atoms in total. The Labute approximate surface area is 187 Å². The Hall–Kier alpha value is -3.44. The van der Waals surface area contributed by atoms with Crippen molar-refractivity contribution in [2.24, 2.45) is 0 Å². The summed E-state index contributed by atoms with van der Waals surface area (Å²) in [7, 11) is 0. The zero-order chi connectivity index (χ0) is 21.7. The molecule has 0 amide bonds. The molecule has 2 aliphatic rings. The van der Waals surface area contributed by atoms with Crippen molar-refractivity contribution in [3.63, 3.8) is 0 Å². The van der Waals surface area contributed by atoms with Crippen LogP contribution in [-0.2, 0) is 24.1 Å². The van der Waals surface area contributed by atoms with Gasteiger partial charge in [-0.05, 0) is 48.1 Å². The molecule has 2 atom stereocenters. The Kier molecular flexibility index (Phi) is 4.58. The van der Waals surface area contributed by atoms with Crippen LogP contribution < -0.4 is 0 Å². The second-order valence-electron chi connectivity index (χ2n) is 8.64. The number of aromatic amines is 1. The fraction of sp³-hybridized carbons (Fsp3) is 0.259. The van der Waals surface area contributed by atoms with Crippen LogP contribution >= 0.6 is 0 Å². The molecule has 0 fully saturated rings. The van der Waals surface area contributed by atoms with E-state index in [2.05, 4.69) is 69.5 Å². The van der Waals surface area contributed by atoms with Gasteiger partial charge in [-0.3, -0.25) is 9.88 Å². The zero-order valence-corrected chi connectivity index (χ0v) is 18.0. The van der Waals surface area contributed by atoms with E-state index in [1.165, 1.54) is 27.7 Å². The molecule has 2 bridgehead atoms. The molecule has 160 valence electrons. The molecule has 4 heterocycles. The maximum absolute atomic E-state index is 12.7. The van der Waals surface area contributed by atoms with Gasteiger partial charge in [-0.1, -0.05) is 48.5 Å². The number of pyridine rings is 1. The van der Waals surface area contributed by atoms with Crippen LogP contribution in [0.4, 0.5) is 0 Å². The number of nitrogens with zero attached hydrogens (tertiary/aromatic N) is 2. The van der Waals surface area contributed by atoms with Gasteiger partial charge in [0.15, 0.2) is 0 Å². The minimum Gasteiger partial charge on any atom is -0.462 e. The fourth-order valence-corrected chi connectivity index (χ4v) is 5.54. The summed E-state index contributed by atoms with van der Waals surface area (Å²) in [5.41, 5.74) is 7.99. The minimum atomic E-state index is -0.275. The number of para-hydroxylation sites is 1. The second kappa shape index (κ2) is 7.61. The Morgan fingerprint density at radius 1 is 1.03 bits per heavy atom. The van der Waals surface area contributed by atoms with Gasteiger partial charge in [-0.25, -0.2) is 4.79 Å². The van der Waals surface area contributed by atoms with Gasteiger partial charge < -0.3 is 9.72 Å². The lowest BCUT2D eigenvalue weighted by Crippen LogP contribution is -2.43. The van der Waals surface area contributed by atoms with Crippen LogP contribution in [0.2, 0.25) is 0 Å². The van der Waals surface area contributed by atoms with E-state index in [4.69, 9.17) is 4.74 Å². The van der Waals surface area contributed by atoms with Crippen LogP contribution in [0.3, 0.4) is 0 Å². The molecular formula is C27H25N3O2. The third-order valence-electron chi connectivity index (χ3n) is 6.93. The fourth-order valence-electron chi connectivity index (χ4n) is 5.54. The molecule has 5 heteroatoms. The molecule has 32 heavy (non-hydrogen) atoms. The number of hydrogen-bond donors (Lipinski definition) is 1. The number of fused-ring (bicyclic) bond motifs is 8. The van der Waals surface area contributed by atoms with Crippen LogP contribution in [-0.4, -0.2) is 27.4 Å². The lowest BCUT2D eigenvalue weighted by Gasteiger charge is -2.47. The monoisotopic (exact) mass is 423 g/mol. The Morgan fingerprint density at radius 2 is 1.81 bits per heavy atom. The lowest BCUT2D eigenvalue weighted by atomic mass is 9.78. The summed E-state index contributed by atoms with van der Waals surface area (Å²) in [6, 6.07) is 19.5. The first-order chi connectivity index (χ1) is 15.7. The van der Waals surface area contributed by atoms with E-state index < -0.39 is 0 Å². The number of esters is 1. The highest BCUT2D eigenvalue weighted by Gasteiger charge is 2.43. The van der Waals surface area contributed by atoms with Crippen molar-refractivity contribution in [3.05, 3.63) is 101 Å². The smallest absolute Gasteiger partial charge is 0.339 e. The van der Waals surface area contributed by atoms with Crippen molar-refractivity contribution in [2.75, 3.05) is 6.61 Å². The number of ether oxygens (including phenoxy) is 1. The van der Waals surface area contributed by atoms with Gasteiger partial charge in [0, 0.05) is 41.6 Å². The molecule has 1 N–H and O–H groups in total. The molecule has 0 aliphatic carbocycles. The predicted molar refractivity (Wildman–Crippen MR) is 123 cm³/mol. The topological polar surface area (TPSA) is 58.2 Å². The first-order valence-corrected chi connectivity index (χ1v) is 11.3. The predicted octanol–water partition coefficient (Wildman–Crippen LogP) is 5.14. The summed E-state index contributed by atoms with van der Waals surface area (Å²) in [6.45, 7) is 3.06. The van der Waals surface area contributed by atoms with E-state index in [0.717, 1.165) is 30.5 Å². The molecule has 0 radical (unpaired) electrons. The molecule has 0 saturated carbocycles. The third-order valence-corrected chi connectivity index (χ3v) is 6.93. The Bertz CT molecular complexity index is 1310. The van der Waals surface area contributed by atoms with Crippen LogP contribution in [0.5, 0.6) is 0 Å². The third kappa shape index (κ3) is 2.96. The van der Waals surface area contributed by atoms with Crippen LogP contribution in [0.15, 0.2) is 67.0 Å². The van der Waals surface area contributed by atoms with Gasteiger partial charge in [0.1, 0.15) is 0 Å². The zero-order valence-electron chi connectivity index (χ0n) is 18.0. The molecule has 0 unspecified atom stereocenters. The number of carbonyl (C=O) groups is 1. The summed E-state index contributed by atoms with van der Waals surface area (Å²) in [4.78, 5) is 23.5. The van der Waals surface area contributed by atoms with Crippen molar-refractivity contribution >= 4 is 16.9 Å². The standard InChI is InChI=1S/C27H25N3O2/c1-2-32-27(31)22-15-28-14-21-19(22)12-25-26-20(18-10-6-7-11-23(18)29-26)13-24(21)30(25)16-17-8-4-3-5-9-17/h3-11,14-15,24-25,29H,2,12-13,16H2,1H3/t24-,25-/m0/s1. The van der Waals surface area contributed by atoms with Gasteiger partial charge in [0.2, 0.25) is 0 Å². The number of aromatic nitrogens is 2. The first kappa shape index (κ1) is 19.3. The molecule has 2 aromatic heterocycles. The van der Waals surface area contributed by atoms with E-state index in [0.29, 0.717) is 12.2 Å². The number of benzene rings is 2. The molecule has 4 aromatic rings. The summed E-state index contributed by atoms with van der Waals surface area (Å²) in [5.74, 6) is -0.275. The highest BCUT2D eigenvalue weighted by Crippen LogP contribution is 2.49. The SMILES string of the molecule is CCOC(=O)c1cncc2c1C[C@H]1c3[nH]c4ccccc4c3C[C@@H]2N1Cc1ccccc1. The average molecular weight is 424 g/mol. The first-order valence-electron chi connectivity index (χ1n) is 11.3. The molecule has 0 saturated heterocycles. The van der Waals surface area contributed by atoms with Crippen molar-refractivity contribution in [1.82, 2.24) is 14.9 Å². The molecule has 0 spiro atoms. The maximum atomic E-state index is 12.7. The van der Waals surface area contributed by atoms with E-state index in [1.807, 2.05) is 13.1 Å². The van der Waals surface area contributed by atoms with Gasteiger partial charge in [0.25, 0.3) is 0 Å². The average Bonchev–Trinajstić information content (AvgIpc) is 3.18. The van der Waals surface area contributed by atoms with Crippen molar-refractivity contribution in [3.8, 4) is 0 Å². The highest BCUT2D eigenvalue weighted by molar-refractivity contribution is 5.91. The maximum Gasteiger partial charge on any atom is 0.339 e. The number of hydrogen-bond acceptors (Lipinski definition) is 4.